The van der Waals surface area contributed by atoms with Crippen molar-refractivity contribution in [2.75, 3.05) is 4.90 Å². The van der Waals surface area contributed by atoms with E-state index in [1.165, 1.54) is 55.0 Å². The molecule has 7 heteroatoms. The van der Waals surface area contributed by atoms with Crippen molar-refractivity contribution in [3.05, 3.63) is 155 Å². The molecule has 5 nitrogen and oxygen atoms in total. The molecule has 0 bridgehead atoms. The number of rotatable bonds is 10. The predicted molar refractivity (Wildman–Crippen MR) is 220 cm³/mol. The van der Waals surface area contributed by atoms with E-state index in [1.54, 1.807) is 17.4 Å². The molecule has 0 spiro atoms. The summed E-state index contributed by atoms with van der Waals surface area (Å²) in [6.07, 6.45) is 3.43. The fourth-order valence-corrected chi connectivity index (χ4v) is 9.95. The van der Waals surface area contributed by atoms with E-state index in [0.717, 1.165) is 51.0 Å². The second-order valence-electron chi connectivity index (χ2n) is 13.3. The van der Waals surface area contributed by atoms with E-state index >= 15 is 0 Å². The Morgan fingerprint density at radius 3 is 1.89 bits per heavy atom. The van der Waals surface area contributed by atoms with E-state index in [-0.39, 0.29) is 11.0 Å². The Balaban J connectivity index is 1.13. The zero-order valence-corrected chi connectivity index (χ0v) is 31.3. The summed E-state index contributed by atoms with van der Waals surface area (Å²) >= 11 is 3.26. The van der Waals surface area contributed by atoms with Crippen LogP contribution in [0.2, 0.25) is 0 Å². The average molecular weight is 728 g/mol. The van der Waals surface area contributed by atoms with Crippen LogP contribution in [0, 0.1) is 11.3 Å². The maximum Gasteiger partial charge on any atom is 0.346 e. The van der Waals surface area contributed by atoms with Gasteiger partial charge >= 0.3 is 5.97 Å². The number of carboxylic acids is 1. The van der Waals surface area contributed by atoms with Crippen LogP contribution in [0.1, 0.15) is 42.7 Å². The normalized spacial score (nSPS) is 13.0. The van der Waals surface area contributed by atoms with Crippen molar-refractivity contribution >= 4 is 51.8 Å². The minimum absolute atomic E-state index is 0.101. The first-order valence-electron chi connectivity index (χ1n) is 17.8. The molecule has 53 heavy (non-hydrogen) atoms. The lowest BCUT2D eigenvalue weighted by Crippen LogP contribution is -2.23. The van der Waals surface area contributed by atoms with E-state index in [4.69, 9.17) is 0 Å². The van der Waals surface area contributed by atoms with Crippen LogP contribution in [0.5, 0.6) is 0 Å². The molecule has 0 unspecified atom stereocenters. The highest BCUT2D eigenvalue weighted by Crippen LogP contribution is 2.55. The summed E-state index contributed by atoms with van der Waals surface area (Å²) in [4.78, 5) is 17.8. The van der Waals surface area contributed by atoms with Gasteiger partial charge in [-0.15, -0.1) is 22.7 Å². The van der Waals surface area contributed by atoms with Gasteiger partial charge in [-0.25, -0.2) is 4.79 Å². The van der Waals surface area contributed by atoms with Crippen molar-refractivity contribution in [1.29, 1.82) is 5.26 Å². The number of nitrogens with zero attached hydrogens (tertiary/aromatic N) is 3. The van der Waals surface area contributed by atoms with E-state index in [9.17, 15) is 15.2 Å². The molecule has 0 atom stereocenters. The van der Waals surface area contributed by atoms with Gasteiger partial charge in [0, 0.05) is 39.3 Å². The SMILES string of the molecule is CCC1(CC)c2cc(-c3ccc(-c4ccc(-c5ccc(/C=C(\C#N)C(=O)O)s5)n4C)s3)ccc2-c2ccc(N(c3ccccc3)c3ccccc3)cc21. The summed E-state index contributed by atoms with van der Waals surface area (Å²) in [7, 11) is 2.06. The zero-order chi connectivity index (χ0) is 36.7. The number of anilines is 3. The first kappa shape index (κ1) is 34.2. The van der Waals surface area contributed by atoms with Crippen molar-refractivity contribution in [2.45, 2.75) is 32.1 Å². The van der Waals surface area contributed by atoms with Crippen LogP contribution in [-0.2, 0) is 17.3 Å². The number of benzene rings is 4. The highest BCUT2D eigenvalue weighted by molar-refractivity contribution is 7.18. The van der Waals surface area contributed by atoms with Crippen molar-refractivity contribution < 1.29 is 9.90 Å². The van der Waals surface area contributed by atoms with Gasteiger partial charge in [0.05, 0.1) is 21.1 Å². The van der Waals surface area contributed by atoms with Gasteiger partial charge in [-0.3, -0.25) is 0 Å². The third-order valence-electron chi connectivity index (χ3n) is 10.6. The standard InChI is InChI=1S/C46H37N3O2S2/c1-4-46(5-2)38-27-30(42-24-25-44(53-42)41-22-21-40(48(41)3)43-23-18-35(52-43)26-31(29-47)45(50)51)16-19-36(38)37-20-17-34(28-39(37)46)49(32-12-8-6-9-13-32)33-14-10-7-11-15-33/h6-28H,4-5H2,1-3H3,(H,50,51)/b31-26+. The number of aromatic nitrogens is 1. The number of carboxylic acid groups (broad SMARTS) is 1. The fourth-order valence-electron chi connectivity index (χ4n) is 7.88. The number of thiophene rings is 2. The highest BCUT2D eigenvalue weighted by atomic mass is 32.1. The summed E-state index contributed by atoms with van der Waals surface area (Å²) in [5.41, 5.74) is 11.9. The molecular formula is C46H37N3O2S2. The first-order chi connectivity index (χ1) is 25.8. The molecule has 260 valence electrons. The summed E-state index contributed by atoms with van der Waals surface area (Å²) in [6.45, 7) is 4.65. The van der Waals surface area contributed by atoms with Crippen LogP contribution in [0.3, 0.4) is 0 Å². The number of para-hydroxylation sites is 2. The smallest absolute Gasteiger partial charge is 0.346 e. The number of aliphatic carboxylic acids is 1. The lowest BCUT2D eigenvalue weighted by atomic mass is 9.73. The topological polar surface area (TPSA) is 69.3 Å². The molecule has 0 fully saturated rings. The molecule has 7 aromatic rings. The Labute approximate surface area is 318 Å². The van der Waals surface area contributed by atoms with E-state index in [0.29, 0.717) is 0 Å². The molecule has 1 aliphatic rings. The molecule has 0 amide bonds. The maximum absolute atomic E-state index is 11.3. The lowest BCUT2D eigenvalue weighted by molar-refractivity contribution is -0.132. The van der Waals surface area contributed by atoms with Gasteiger partial charge < -0.3 is 14.6 Å². The fraction of sp³-hybridized carbons (Fsp3) is 0.130. The third-order valence-corrected chi connectivity index (χ3v) is 12.8. The van der Waals surface area contributed by atoms with Crippen LogP contribution < -0.4 is 4.90 Å². The zero-order valence-electron chi connectivity index (χ0n) is 29.7. The Bertz CT molecular complexity index is 2510. The van der Waals surface area contributed by atoms with Gasteiger partial charge in [0.15, 0.2) is 0 Å². The van der Waals surface area contributed by atoms with E-state index in [1.807, 2.05) is 12.1 Å². The summed E-state index contributed by atoms with van der Waals surface area (Å²) < 4.78 is 2.18. The third kappa shape index (κ3) is 5.90. The second-order valence-corrected chi connectivity index (χ2v) is 15.5. The van der Waals surface area contributed by atoms with Crippen LogP contribution in [0.25, 0.3) is 48.8 Å². The van der Waals surface area contributed by atoms with Crippen molar-refractivity contribution in [2.24, 2.45) is 7.05 Å². The number of carbonyl (C=O) groups is 1. The molecule has 8 rings (SSSR count). The van der Waals surface area contributed by atoms with Crippen LogP contribution in [0.4, 0.5) is 17.1 Å². The molecule has 0 aliphatic heterocycles. The molecule has 3 aromatic heterocycles. The summed E-state index contributed by atoms with van der Waals surface area (Å²) in [5, 5.41) is 18.4. The molecule has 1 aliphatic carbocycles. The molecule has 3 heterocycles. The van der Waals surface area contributed by atoms with Crippen molar-refractivity contribution in [1.82, 2.24) is 4.57 Å². The Kier molecular flexibility index (Phi) is 8.95. The molecular weight excluding hydrogens is 691 g/mol. The molecule has 0 saturated carbocycles. The summed E-state index contributed by atoms with van der Waals surface area (Å²) in [6, 6.07) is 49.6. The van der Waals surface area contributed by atoms with Gasteiger partial charge in [0.1, 0.15) is 11.6 Å². The maximum atomic E-state index is 11.3. The number of nitriles is 1. The largest absolute Gasteiger partial charge is 0.477 e. The average Bonchev–Trinajstić information content (AvgIpc) is 3.99. The molecule has 4 aromatic carbocycles. The van der Waals surface area contributed by atoms with E-state index in [2.05, 4.69) is 152 Å². The van der Waals surface area contributed by atoms with Crippen molar-refractivity contribution in [3.63, 3.8) is 0 Å². The summed E-state index contributed by atoms with van der Waals surface area (Å²) in [5.74, 6) is -1.22. The van der Waals surface area contributed by atoms with Crippen LogP contribution in [-0.4, -0.2) is 15.6 Å². The second kappa shape index (κ2) is 13.9. The van der Waals surface area contributed by atoms with Gasteiger partial charge in [0.25, 0.3) is 0 Å². The highest BCUT2D eigenvalue weighted by Gasteiger charge is 2.41. The molecule has 0 radical (unpaired) electrons. The van der Waals surface area contributed by atoms with E-state index < -0.39 is 5.97 Å². The molecule has 1 N–H and O–H groups in total. The predicted octanol–water partition coefficient (Wildman–Crippen LogP) is 12.7. The van der Waals surface area contributed by atoms with Gasteiger partial charge in [-0.1, -0.05) is 68.4 Å². The Morgan fingerprint density at radius 2 is 1.28 bits per heavy atom. The molecule has 0 saturated heterocycles. The van der Waals surface area contributed by atoms with Gasteiger partial charge in [0.2, 0.25) is 0 Å². The minimum Gasteiger partial charge on any atom is -0.477 e. The van der Waals surface area contributed by atoms with Gasteiger partial charge in [-0.2, -0.15) is 5.26 Å². The van der Waals surface area contributed by atoms with Crippen molar-refractivity contribution in [3.8, 4) is 48.8 Å². The van der Waals surface area contributed by atoms with Crippen LogP contribution in [0.15, 0.2) is 139 Å². The number of hydrogen-bond acceptors (Lipinski definition) is 5. The Hall–Kier alpha value is -5.94. The number of hydrogen-bond donors (Lipinski definition) is 1. The minimum atomic E-state index is -1.22. The lowest BCUT2D eigenvalue weighted by Gasteiger charge is -2.32. The first-order valence-corrected chi connectivity index (χ1v) is 19.4. The Morgan fingerprint density at radius 1 is 0.717 bits per heavy atom. The number of fused-ring (bicyclic) bond motifs is 3. The van der Waals surface area contributed by atoms with Gasteiger partial charge in [-0.05, 0) is 126 Å². The van der Waals surface area contributed by atoms with Crippen LogP contribution >= 0.6 is 22.7 Å². The monoisotopic (exact) mass is 727 g/mol. The quantitative estimate of drug-likeness (QED) is 0.112.